The molecule has 0 aliphatic carbocycles. The molecule has 0 spiro atoms. The summed E-state index contributed by atoms with van der Waals surface area (Å²) in [5.41, 5.74) is 0. The number of alkyl halides is 1. The first kappa shape index (κ1) is 21.1. The molecule has 3 nitrogen and oxygen atoms in total. The standard InChI is InChI=1S/C18H34FNO2/c1-3-5-7-8-10-11-16(19)13-14-17(15-21)20-18(22)12-9-6-4-2/h13-14,16-17,21H,3-12,15H2,1-2H3,(H,20,22)/b14-13+/t16?,17-/m1/s1. The molecule has 0 fully saturated rings. The highest BCUT2D eigenvalue weighted by Gasteiger charge is 2.09. The predicted octanol–water partition coefficient (Wildman–Crippen LogP) is 4.30. The number of allylic oxidation sites excluding steroid dienone is 1. The molecule has 0 radical (unpaired) electrons. The largest absolute Gasteiger partial charge is 0.394 e. The number of nitrogens with one attached hydrogen (secondary N) is 1. The van der Waals surface area contributed by atoms with Gasteiger partial charge in [-0.3, -0.25) is 4.79 Å². The lowest BCUT2D eigenvalue weighted by Crippen LogP contribution is -2.36. The molecule has 0 aromatic heterocycles. The Bertz CT molecular complexity index is 295. The molecule has 0 aromatic carbocycles. The smallest absolute Gasteiger partial charge is 0.220 e. The lowest BCUT2D eigenvalue weighted by Gasteiger charge is -2.13. The molecular formula is C18H34FNO2. The molecule has 0 aromatic rings. The molecule has 0 rings (SSSR count). The van der Waals surface area contributed by atoms with Gasteiger partial charge in [0.2, 0.25) is 5.91 Å². The van der Waals surface area contributed by atoms with Gasteiger partial charge in [0.1, 0.15) is 6.17 Å². The maximum absolute atomic E-state index is 13.7. The van der Waals surface area contributed by atoms with E-state index >= 15 is 0 Å². The maximum atomic E-state index is 13.7. The second-order valence-electron chi connectivity index (χ2n) is 5.92. The minimum Gasteiger partial charge on any atom is -0.394 e. The number of carbonyl (C=O) groups excluding carboxylic acids is 1. The van der Waals surface area contributed by atoms with Gasteiger partial charge in [-0.2, -0.15) is 0 Å². The first-order valence-corrected chi connectivity index (χ1v) is 8.86. The minimum absolute atomic E-state index is 0.0767. The molecule has 22 heavy (non-hydrogen) atoms. The van der Waals surface area contributed by atoms with Gasteiger partial charge < -0.3 is 10.4 Å². The van der Waals surface area contributed by atoms with Crippen LogP contribution in [0.25, 0.3) is 0 Å². The van der Waals surface area contributed by atoms with Crippen LogP contribution in [0, 0.1) is 0 Å². The summed E-state index contributed by atoms with van der Waals surface area (Å²) in [6.07, 6.45) is 11.5. The fraction of sp³-hybridized carbons (Fsp3) is 0.833. The zero-order valence-corrected chi connectivity index (χ0v) is 14.3. The summed E-state index contributed by atoms with van der Waals surface area (Å²) in [5, 5.41) is 12.0. The molecule has 4 heteroatoms. The lowest BCUT2D eigenvalue weighted by atomic mass is 10.1. The molecule has 0 aliphatic heterocycles. The average Bonchev–Trinajstić information content (AvgIpc) is 2.51. The summed E-state index contributed by atoms with van der Waals surface area (Å²) in [6.45, 7) is 4.05. The number of hydrogen-bond donors (Lipinski definition) is 2. The van der Waals surface area contributed by atoms with Crippen LogP contribution in [-0.4, -0.2) is 29.8 Å². The van der Waals surface area contributed by atoms with E-state index in [-0.39, 0.29) is 12.5 Å². The van der Waals surface area contributed by atoms with Gasteiger partial charge in [-0.05, 0) is 12.8 Å². The SMILES string of the molecule is CCCCCCCC(F)/C=C/[C@H](CO)NC(=O)CCCCC. The predicted molar refractivity (Wildman–Crippen MR) is 90.6 cm³/mol. The van der Waals surface area contributed by atoms with Crippen LogP contribution >= 0.6 is 0 Å². The van der Waals surface area contributed by atoms with Crippen molar-refractivity contribution in [3.05, 3.63) is 12.2 Å². The van der Waals surface area contributed by atoms with Crippen molar-refractivity contribution in [1.29, 1.82) is 0 Å². The molecule has 2 atom stereocenters. The van der Waals surface area contributed by atoms with Crippen molar-refractivity contribution in [2.75, 3.05) is 6.61 Å². The van der Waals surface area contributed by atoms with Gasteiger partial charge in [0.25, 0.3) is 0 Å². The van der Waals surface area contributed by atoms with E-state index in [1.807, 2.05) is 0 Å². The minimum atomic E-state index is -0.993. The second kappa shape index (κ2) is 15.0. The summed E-state index contributed by atoms with van der Waals surface area (Å²) in [5.74, 6) is -0.0767. The lowest BCUT2D eigenvalue weighted by molar-refractivity contribution is -0.121. The molecule has 0 saturated carbocycles. The van der Waals surface area contributed by atoms with Gasteiger partial charge in [-0.15, -0.1) is 0 Å². The first-order valence-electron chi connectivity index (χ1n) is 8.86. The Balaban J connectivity index is 3.90. The number of carbonyl (C=O) groups is 1. The van der Waals surface area contributed by atoms with Crippen molar-refractivity contribution >= 4 is 5.91 Å². The summed E-state index contributed by atoms with van der Waals surface area (Å²) in [4.78, 5) is 11.7. The van der Waals surface area contributed by atoms with Crippen molar-refractivity contribution in [3.8, 4) is 0 Å². The molecule has 2 N–H and O–H groups in total. The van der Waals surface area contributed by atoms with Crippen LogP contribution in [0.4, 0.5) is 4.39 Å². The Hall–Kier alpha value is -0.900. The number of aliphatic hydroxyl groups is 1. The van der Waals surface area contributed by atoms with Gasteiger partial charge in [0.15, 0.2) is 0 Å². The molecule has 0 bridgehead atoms. The van der Waals surface area contributed by atoms with Crippen molar-refractivity contribution in [3.63, 3.8) is 0 Å². The second-order valence-corrected chi connectivity index (χ2v) is 5.92. The molecule has 1 unspecified atom stereocenters. The van der Waals surface area contributed by atoms with Crippen LogP contribution in [-0.2, 0) is 4.79 Å². The van der Waals surface area contributed by atoms with Crippen molar-refractivity contribution in [2.24, 2.45) is 0 Å². The topological polar surface area (TPSA) is 49.3 Å². The Morgan fingerprint density at radius 1 is 1.05 bits per heavy atom. The highest BCUT2D eigenvalue weighted by molar-refractivity contribution is 5.76. The van der Waals surface area contributed by atoms with E-state index < -0.39 is 12.2 Å². The van der Waals surface area contributed by atoms with E-state index in [0.29, 0.717) is 12.8 Å². The van der Waals surface area contributed by atoms with Crippen molar-refractivity contribution in [2.45, 2.75) is 90.3 Å². The monoisotopic (exact) mass is 315 g/mol. The van der Waals surface area contributed by atoms with Gasteiger partial charge in [0.05, 0.1) is 12.6 Å². The van der Waals surface area contributed by atoms with E-state index in [1.54, 1.807) is 6.08 Å². The Labute approximate surface area is 135 Å². The third-order valence-electron chi connectivity index (χ3n) is 3.69. The van der Waals surface area contributed by atoms with Crippen LogP contribution in [0.2, 0.25) is 0 Å². The molecule has 0 heterocycles. The number of hydrogen-bond acceptors (Lipinski definition) is 2. The number of halogens is 1. The summed E-state index contributed by atoms with van der Waals surface area (Å²) < 4.78 is 13.7. The highest BCUT2D eigenvalue weighted by atomic mass is 19.1. The summed E-state index contributed by atoms with van der Waals surface area (Å²) in [6, 6.07) is -0.479. The number of rotatable bonds is 14. The van der Waals surface area contributed by atoms with E-state index in [2.05, 4.69) is 19.2 Å². The van der Waals surface area contributed by atoms with Gasteiger partial charge in [-0.25, -0.2) is 4.39 Å². The van der Waals surface area contributed by atoms with Gasteiger partial charge in [-0.1, -0.05) is 70.9 Å². The number of amides is 1. The van der Waals surface area contributed by atoms with Crippen LogP contribution < -0.4 is 5.32 Å². The van der Waals surface area contributed by atoms with E-state index in [0.717, 1.165) is 32.1 Å². The third kappa shape index (κ3) is 12.8. The van der Waals surface area contributed by atoms with E-state index in [1.165, 1.54) is 25.3 Å². The Morgan fingerprint density at radius 3 is 2.32 bits per heavy atom. The van der Waals surface area contributed by atoms with E-state index in [4.69, 9.17) is 0 Å². The van der Waals surface area contributed by atoms with Crippen LogP contribution in [0.1, 0.15) is 78.1 Å². The molecule has 0 aliphatic rings. The number of aliphatic hydroxyl groups excluding tert-OH is 1. The fourth-order valence-electron chi connectivity index (χ4n) is 2.26. The fourth-order valence-corrected chi connectivity index (χ4v) is 2.26. The molecule has 130 valence electrons. The zero-order valence-electron chi connectivity index (χ0n) is 14.3. The quantitative estimate of drug-likeness (QED) is 0.371. The van der Waals surface area contributed by atoms with E-state index in [9.17, 15) is 14.3 Å². The Kier molecular flexibility index (Phi) is 14.4. The normalized spacial score (nSPS) is 14.2. The summed E-state index contributed by atoms with van der Waals surface area (Å²) in [7, 11) is 0. The average molecular weight is 315 g/mol. The summed E-state index contributed by atoms with van der Waals surface area (Å²) >= 11 is 0. The maximum Gasteiger partial charge on any atom is 0.220 e. The number of unbranched alkanes of at least 4 members (excludes halogenated alkanes) is 6. The Morgan fingerprint density at radius 2 is 1.68 bits per heavy atom. The highest BCUT2D eigenvalue weighted by Crippen LogP contribution is 2.10. The van der Waals surface area contributed by atoms with Crippen molar-refractivity contribution in [1.82, 2.24) is 5.32 Å². The van der Waals surface area contributed by atoms with Gasteiger partial charge >= 0.3 is 0 Å². The first-order chi connectivity index (χ1) is 10.6. The zero-order chi connectivity index (χ0) is 16.6. The van der Waals surface area contributed by atoms with Crippen LogP contribution in [0.15, 0.2) is 12.2 Å². The van der Waals surface area contributed by atoms with Crippen LogP contribution in [0.3, 0.4) is 0 Å². The third-order valence-corrected chi connectivity index (χ3v) is 3.69. The molecule has 0 saturated heterocycles. The van der Waals surface area contributed by atoms with Gasteiger partial charge in [0, 0.05) is 6.42 Å². The molecule has 1 amide bonds. The molecular weight excluding hydrogens is 281 g/mol. The van der Waals surface area contributed by atoms with Crippen molar-refractivity contribution < 1.29 is 14.3 Å². The van der Waals surface area contributed by atoms with Crippen LogP contribution in [0.5, 0.6) is 0 Å².